The molecule has 0 rings (SSSR count). The van der Waals surface area contributed by atoms with Gasteiger partial charge in [-0.1, -0.05) is 0 Å². The number of methoxy groups -OCH3 is 2. The van der Waals surface area contributed by atoms with Gasteiger partial charge in [-0.15, -0.1) is 0 Å². The summed E-state index contributed by atoms with van der Waals surface area (Å²) in [5.41, 5.74) is 0. The molecule has 0 aliphatic rings. The van der Waals surface area contributed by atoms with Gasteiger partial charge >= 0.3 is 18.0 Å². The summed E-state index contributed by atoms with van der Waals surface area (Å²) in [5, 5.41) is 13.6. The van der Waals surface area contributed by atoms with E-state index in [-0.39, 0.29) is 25.5 Å². The topological polar surface area (TPSA) is 114 Å². The molecule has 0 fully saturated rings. The van der Waals surface area contributed by atoms with Crippen LogP contribution in [0.15, 0.2) is 0 Å². The summed E-state index contributed by atoms with van der Waals surface area (Å²) in [6, 6.07) is -1.77. The average molecular weight is 276 g/mol. The van der Waals surface area contributed by atoms with Crippen LogP contribution in [0.4, 0.5) is 4.79 Å². The molecule has 0 spiro atoms. The van der Waals surface area contributed by atoms with Crippen LogP contribution in [0.25, 0.3) is 0 Å². The molecule has 0 saturated heterocycles. The summed E-state index contributed by atoms with van der Waals surface area (Å²) in [5.74, 6) is -1.74. The van der Waals surface area contributed by atoms with Crippen LogP contribution in [0.3, 0.4) is 0 Å². The van der Waals surface area contributed by atoms with E-state index >= 15 is 0 Å². The van der Waals surface area contributed by atoms with Crippen LogP contribution in [-0.2, 0) is 19.1 Å². The Balaban J connectivity index is 4.15. The normalized spacial score (nSPS) is 13.2. The van der Waals surface area contributed by atoms with Crippen molar-refractivity contribution in [3.05, 3.63) is 0 Å². The summed E-state index contributed by atoms with van der Waals surface area (Å²) >= 11 is 0. The van der Waals surface area contributed by atoms with Crippen molar-refractivity contribution < 1.29 is 29.0 Å². The van der Waals surface area contributed by atoms with E-state index < -0.39 is 24.0 Å². The Morgan fingerprint density at radius 1 is 1.26 bits per heavy atom. The van der Waals surface area contributed by atoms with Gasteiger partial charge in [0, 0.05) is 20.1 Å². The molecule has 0 aliphatic heterocycles. The molecule has 110 valence electrons. The van der Waals surface area contributed by atoms with Gasteiger partial charge in [0.2, 0.25) is 0 Å². The van der Waals surface area contributed by atoms with E-state index in [2.05, 4.69) is 15.4 Å². The van der Waals surface area contributed by atoms with Crippen LogP contribution in [-0.4, -0.2) is 56.0 Å². The number of carbonyl (C=O) groups excluding carboxylic acids is 2. The smallest absolute Gasteiger partial charge is 0.326 e. The number of esters is 1. The van der Waals surface area contributed by atoms with Gasteiger partial charge in [-0.05, 0) is 13.3 Å². The minimum Gasteiger partial charge on any atom is -0.480 e. The van der Waals surface area contributed by atoms with E-state index in [1.807, 2.05) is 0 Å². The minimum atomic E-state index is -1.21. The number of carboxylic acids is 1. The van der Waals surface area contributed by atoms with E-state index in [0.717, 1.165) is 0 Å². The first kappa shape index (κ1) is 17.2. The van der Waals surface area contributed by atoms with Crippen molar-refractivity contribution in [3.63, 3.8) is 0 Å². The lowest BCUT2D eigenvalue weighted by Crippen LogP contribution is -2.47. The maximum Gasteiger partial charge on any atom is 0.326 e. The Bertz CT molecular complexity index is 320. The molecule has 8 heteroatoms. The summed E-state index contributed by atoms with van der Waals surface area (Å²) in [7, 11) is 2.71. The first-order valence-corrected chi connectivity index (χ1v) is 5.77. The van der Waals surface area contributed by atoms with E-state index in [1.165, 1.54) is 14.2 Å². The molecular formula is C11H20N2O6. The summed E-state index contributed by atoms with van der Waals surface area (Å²) in [6.07, 6.45) is -0.290. The molecule has 0 heterocycles. The van der Waals surface area contributed by atoms with Gasteiger partial charge in [-0.25, -0.2) is 9.59 Å². The highest BCUT2D eigenvalue weighted by Gasteiger charge is 2.21. The summed E-state index contributed by atoms with van der Waals surface area (Å²) in [4.78, 5) is 33.3. The van der Waals surface area contributed by atoms with Crippen LogP contribution in [0.5, 0.6) is 0 Å². The monoisotopic (exact) mass is 276 g/mol. The fourth-order valence-corrected chi connectivity index (χ4v) is 1.15. The number of hydrogen-bond acceptors (Lipinski definition) is 5. The number of amides is 2. The molecule has 0 radical (unpaired) electrons. The quantitative estimate of drug-likeness (QED) is 0.526. The van der Waals surface area contributed by atoms with Crippen LogP contribution < -0.4 is 10.6 Å². The third-order valence-electron chi connectivity index (χ3n) is 2.42. The molecule has 0 aromatic carbocycles. The van der Waals surface area contributed by atoms with Crippen molar-refractivity contribution in [1.82, 2.24) is 10.6 Å². The number of urea groups is 1. The molecule has 3 N–H and O–H groups in total. The lowest BCUT2D eigenvalue weighted by molar-refractivity contribution is -0.142. The Kier molecular flexibility index (Phi) is 8.27. The molecule has 0 aromatic heterocycles. The zero-order valence-electron chi connectivity index (χ0n) is 11.3. The Morgan fingerprint density at radius 2 is 1.89 bits per heavy atom. The zero-order chi connectivity index (χ0) is 14.8. The molecule has 2 atom stereocenters. The van der Waals surface area contributed by atoms with Gasteiger partial charge in [0.15, 0.2) is 0 Å². The molecular weight excluding hydrogens is 256 g/mol. The van der Waals surface area contributed by atoms with Crippen molar-refractivity contribution in [2.45, 2.75) is 31.9 Å². The van der Waals surface area contributed by atoms with Gasteiger partial charge in [-0.3, -0.25) is 4.79 Å². The van der Waals surface area contributed by atoms with Crippen LogP contribution in [0, 0.1) is 0 Å². The highest BCUT2D eigenvalue weighted by Crippen LogP contribution is 1.99. The molecule has 2 amide bonds. The predicted octanol–water partition coefficient (Wildman–Crippen LogP) is -0.273. The zero-order valence-corrected chi connectivity index (χ0v) is 11.3. The maximum atomic E-state index is 11.4. The fourth-order valence-electron chi connectivity index (χ4n) is 1.15. The van der Waals surface area contributed by atoms with Gasteiger partial charge in [0.25, 0.3) is 0 Å². The van der Waals surface area contributed by atoms with Crippen molar-refractivity contribution in [2.24, 2.45) is 0 Å². The first-order chi connectivity index (χ1) is 8.90. The van der Waals surface area contributed by atoms with Gasteiger partial charge in [0.05, 0.1) is 13.2 Å². The van der Waals surface area contributed by atoms with Crippen molar-refractivity contribution >= 4 is 18.0 Å². The first-order valence-electron chi connectivity index (χ1n) is 5.77. The fraction of sp³-hybridized carbons (Fsp3) is 0.727. The number of carbonyl (C=O) groups is 3. The van der Waals surface area contributed by atoms with E-state index in [0.29, 0.717) is 0 Å². The molecule has 8 nitrogen and oxygen atoms in total. The second-order valence-electron chi connectivity index (χ2n) is 3.91. The predicted molar refractivity (Wildman–Crippen MR) is 65.7 cm³/mol. The maximum absolute atomic E-state index is 11.4. The lowest BCUT2D eigenvalue weighted by atomic mass is 10.1. The van der Waals surface area contributed by atoms with Crippen molar-refractivity contribution in [1.29, 1.82) is 0 Å². The number of hydrogen-bond donors (Lipinski definition) is 3. The van der Waals surface area contributed by atoms with Crippen molar-refractivity contribution in [3.8, 4) is 0 Å². The SMILES string of the molecule is COC(=O)CC[C@H](NC(=O)NCC(C)OC)C(=O)O. The highest BCUT2D eigenvalue weighted by atomic mass is 16.5. The molecule has 0 aliphatic carbocycles. The third-order valence-corrected chi connectivity index (χ3v) is 2.42. The largest absolute Gasteiger partial charge is 0.480 e. The Hall–Kier alpha value is -1.83. The second-order valence-corrected chi connectivity index (χ2v) is 3.91. The van der Waals surface area contributed by atoms with Gasteiger partial charge < -0.3 is 25.2 Å². The molecule has 0 aromatic rings. The molecule has 0 saturated carbocycles. The molecule has 0 bridgehead atoms. The Morgan fingerprint density at radius 3 is 2.37 bits per heavy atom. The number of rotatable bonds is 8. The van der Waals surface area contributed by atoms with Crippen LogP contribution in [0.2, 0.25) is 0 Å². The third kappa shape index (κ3) is 7.98. The highest BCUT2D eigenvalue weighted by molar-refractivity contribution is 5.83. The van der Waals surface area contributed by atoms with Crippen molar-refractivity contribution in [2.75, 3.05) is 20.8 Å². The number of carboxylic acid groups (broad SMARTS) is 1. The standard InChI is InChI=1S/C11H20N2O6/c1-7(18-2)6-12-11(17)13-8(10(15)16)4-5-9(14)19-3/h7-8H,4-6H2,1-3H3,(H,15,16)(H2,12,13,17)/t7?,8-/m0/s1. The second kappa shape index (κ2) is 9.15. The summed E-state index contributed by atoms with van der Waals surface area (Å²) < 4.78 is 9.33. The number of nitrogens with one attached hydrogen (secondary N) is 2. The van der Waals surface area contributed by atoms with E-state index in [4.69, 9.17) is 9.84 Å². The van der Waals surface area contributed by atoms with Gasteiger partial charge in [-0.2, -0.15) is 0 Å². The minimum absolute atomic E-state index is 0.0325. The van der Waals surface area contributed by atoms with Crippen LogP contribution in [0.1, 0.15) is 19.8 Å². The van der Waals surface area contributed by atoms with Gasteiger partial charge in [0.1, 0.15) is 6.04 Å². The number of ether oxygens (including phenoxy) is 2. The van der Waals surface area contributed by atoms with E-state index in [1.54, 1.807) is 6.92 Å². The number of aliphatic carboxylic acids is 1. The molecule has 19 heavy (non-hydrogen) atoms. The van der Waals surface area contributed by atoms with Crippen LogP contribution >= 0.6 is 0 Å². The lowest BCUT2D eigenvalue weighted by Gasteiger charge is -2.16. The van der Waals surface area contributed by atoms with E-state index in [9.17, 15) is 14.4 Å². The average Bonchev–Trinajstić information content (AvgIpc) is 2.39. The summed E-state index contributed by atoms with van der Waals surface area (Å²) in [6.45, 7) is 2.01. The molecule has 1 unspecified atom stereocenters. The Labute approximate surface area is 111 Å².